The lowest BCUT2D eigenvalue weighted by Crippen LogP contribution is -2.12. The molecule has 0 N–H and O–H groups in total. The molecule has 1 unspecified atom stereocenters. The summed E-state index contributed by atoms with van der Waals surface area (Å²) in [6.07, 6.45) is 3.53. The average molecular weight is 366 g/mol. The van der Waals surface area contributed by atoms with Crippen LogP contribution in [0, 0.1) is 6.92 Å². The Morgan fingerprint density at radius 3 is 2.62 bits per heavy atom. The molecule has 0 radical (unpaired) electrons. The fraction of sp³-hybridized carbons (Fsp3) is 0.222. The standard InChI is InChI=1S/C18H18N6OS/c1-12-4-6-14(7-5-12)26-17-9-8-16(25-17)15-10-24(22-20-15)13(2)18-21-19-11-23(18)3/h4-11,13H,1-3H3. The first-order valence-corrected chi connectivity index (χ1v) is 9.02. The molecular weight excluding hydrogens is 348 g/mol. The zero-order valence-corrected chi connectivity index (χ0v) is 15.5. The lowest BCUT2D eigenvalue weighted by Gasteiger charge is -2.09. The van der Waals surface area contributed by atoms with Crippen LogP contribution in [0.25, 0.3) is 11.5 Å². The largest absolute Gasteiger partial charge is 0.448 e. The van der Waals surface area contributed by atoms with Crippen molar-refractivity contribution < 1.29 is 4.42 Å². The third-order valence-corrected chi connectivity index (χ3v) is 5.03. The third kappa shape index (κ3) is 3.28. The van der Waals surface area contributed by atoms with Gasteiger partial charge in [0.15, 0.2) is 16.7 Å². The highest BCUT2D eigenvalue weighted by molar-refractivity contribution is 7.99. The van der Waals surface area contributed by atoms with Gasteiger partial charge in [-0.3, -0.25) is 0 Å². The van der Waals surface area contributed by atoms with E-state index in [1.54, 1.807) is 22.8 Å². The summed E-state index contributed by atoms with van der Waals surface area (Å²) in [6.45, 7) is 4.08. The molecule has 0 spiro atoms. The number of aryl methyl sites for hydroxylation is 2. The molecule has 0 aliphatic rings. The highest BCUT2D eigenvalue weighted by atomic mass is 32.2. The first-order valence-electron chi connectivity index (χ1n) is 8.20. The summed E-state index contributed by atoms with van der Waals surface area (Å²) in [7, 11) is 1.91. The number of furan rings is 1. The Hall–Kier alpha value is -2.87. The fourth-order valence-corrected chi connectivity index (χ4v) is 3.37. The van der Waals surface area contributed by atoms with Crippen molar-refractivity contribution in [3.63, 3.8) is 0 Å². The van der Waals surface area contributed by atoms with Crippen LogP contribution in [0.1, 0.15) is 24.4 Å². The van der Waals surface area contributed by atoms with E-state index in [4.69, 9.17) is 4.42 Å². The van der Waals surface area contributed by atoms with Crippen LogP contribution in [-0.4, -0.2) is 29.8 Å². The molecule has 3 aromatic heterocycles. The Morgan fingerprint density at radius 2 is 1.88 bits per heavy atom. The SMILES string of the molecule is Cc1ccc(Sc2ccc(-c3cn(C(C)c4nncn4C)nn3)o2)cc1. The van der Waals surface area contributed by atoms with E-state index in [-0.39, 0.29) is 6.04 Å². The van der Waals surface area contributed by atoms with E-state index in [1.165, 1.54) is 5.56 Å². The Balaban J connectivity index is 1.52. The minimum Gasteiger partial charge on any atom is -0.448 e. The summed E-state index contributed by atoms with van der Waals surface area (Å²) in [5, 5.41) is 17.3. The van der Waals surface area contributed by atoms with E-state index in [9.17, 15) is 0 Å². The van der Waals surface area contributed by atoms with Crippen molar-refractivity contribution in [2.45, 2.75) is 29.9 Å². The summed E-state index contributed by atoms with van der Waals surface area (Å²) < 4.78 is 9.55. The predicted molar refractivity (Wildman–Crippen MR) is 97.8 cm³/mol. The Kier molecular flexibility index (Phi) is 4.34. The Bertz CT molecular complexity index is 1020. The summed E-state index contributed by atoms with van der Waals surface area (Å²) in [6, 6.07) is 12.1. The maximum Gasteiger partial charge on any atom is 0.165 e. The van der Waals surface area contributed by atoms with E-state index in [0.29, 0.717) is 11.5 Å². The minimum absolute atomic E-state index is 0.0693. The lowest BCUT2D eigenvalue weighted by atomic mass is 10.2. The van der Waals surface area contributed by atoms with Crippen LogP contribution in [0.3, 0.4) is 0 Å². The molecule has 1 aromatic carbocycles. The quantitative estimate of drug-likeness (QED) is 0.536. The predicted octanol–water partition coefficient (Wildman–Crippen LogP) is 3.74. The van der Waals surface area contributed by atoms with E-state index < -0.39 is 0 Å². The second-order valence-electron chi connectivity index (χ2n) is 6.09. The molecule has 26 heavy (non-hydrogen) atoms. The second-order valence-corrected chi connectivity index (χ2v) is 7.17. The van der Waals surface area contributed by atoms with E-state index in [2.05, 4.69) is 51.7 Å². The topological polar surface area (TPSA) is 74.6 Å². The molecule has 0 aliphatic heterocycles. The molecule has 0 aliphatic carbocycles. The molecule has 0 saturated carbocycles. The molecule has 0 fully saturated rings. The van der Waals surface area contributed by atoms with E-state index in [1.807, 2.05) is 36.9 Å². The van der Waals surface area contributed by atoms with E-state index >= 15 is 0 Å². The monoisotopic (exact) mass is 366 g/mol. The Labute approximate surface area is 155 Å². The van der Waals surface area contributed by atoms with Gasteiger partial charge in [-0.05, 0) is 38.1 Å². The fourth-order valence-electron chi connectivity index (χ4n) is 2.60. The first kappa shape index (κ1) is 16.6. The van der Waals surface area contributed by atoms with Gasteiger partial charge in [0.05, 0.1) is 6.20 Å². The van der Waals surface area contributed by atoms with Gasteiger partial charge in [0, 0.05) is 11.9 Å². The summed E-state index contributed by atoms with van der Waals surface area (Å²) in [5.41, 5.74) is 1.93. The zero-order chi connectivity index (χ0) is 18.1. The van der Waals surface area contributed by atoms with Gasteiger partial charge in [0.25, 0.3) is 0 Å². The van der Waals surface area contributed by atoms with Crippen LogP contribution in [0.2, 0.25) is 0 Å². The second kappa shape index (κ2) is 6.80. The number of hydrogen-bond acceptors (Lipinski definition) is 6. The van der Waals surface area contributed by atoms with Crippen LogP contribution in [0.5, 0.6) is 0 Å². The van der Waals surface area contributed by atoms with Crippen molar-refractivity contribution in [2.75, 3.05) is 0 Å². The first-order chi connectivity index (χ1) is 12.6. The van der Waals surface area contributed by atoms with Crippen molar-refractivity contribution >= 4 is 11.8 Å². The smallest absolute Gasteiger partial charge is 0.165 e. The average Bonchev–Trinajstić information content (AvgIpc) is 3.36. The van der Waals surface area contributed by atoms with Crippen LogP contribution < -0.4 is 0 Å². The van der Waals surface area contributed by atoms with E-state index in [0.717, 1.165) is 15.8 Å². The molecule has 8 heteroatoms. The van der Waals surface area contributed by atoms with Crippen LogP contribution in [0.4, 0.5) is 0 Å². The van der Waals surface area contributed by atoms with Crippen LogP contribution in [-0.2, 0) is 7.05 Å². The van der Waals surface area contributed by atoms with Gasteiger partial charge in [-0.15, -0.1) is 15.3 Å². The zero-order valence-electron chi connectivity index (χ0n) is 14.7. The molecule has 0 saturated heterocycles. The van der Waals surface area contributed by atoms with Crippen LogP contribution in [0.15, 0.2) is 63.3 Å². The summed E-state index contributed by atoms with van der Waals surface area (Å²) in [4.78, 5) is 1.14. The molecule has 4 aromatic rings. The maximum absolute atomic E-state index is 5.93. The van der Waals surface area contributed by atoms with Gasteiger partial charge in [-0.1, -0.05) is 34.7 Å². The molecule has 1 atom stereocenters. The number of aromatic nitrogens is 6. The van der Waals surface area contributed by atoms with Gasteiger partial charge < -0.3 is 8.98 Å². The highest BCUT2D eigenvalue weighted by Crippen LogP contribution is 2.32. The molecular formula is C18H18N6OS. The Morgan fingerprint density at radius 1 is 1.08 bits per heavy atom. The van der Waals surface area contributed by atoms with Gasteiger partial charge in [0.2, 0.25) is 0 Å². The molecule has 0 bridgehead atoms. The number of hydrogen-bond donors (Lipinski definition) is 0. The molecule has 0 amide bonds. The van der Waals surface area contributed by atoms with Crippen molar-refractivity contribution in [1.29, 1.82) is 0 Å². The van der Waals surface area contributed by atoms with Crippen molar-refractivity contribution in [3.8, 4) is 11.5 Å². The van der Waals surface area contributed by atoms with Crippen molar-refractivity contribution in [2.24, 2.45) is 7.05 Å². The summed E-state index contributed by atoms with van der Waals surface area (Å²) >= 11 is 1.58. The summed E-state index contributed by atoms with van der Waals surface area (Å²) in [5.74, 6) is 1.51. The molecule has 3 heterocycles. The van der Waals surface area contributed by atoms with Crippen molar-refractivity contribution in [1.82, 2.24) is 29.8 Å². The number of benzene rings is 1. The third-order valence-electron chi connectivity index (χ3n) is 4.10. The van der Waals surface area contributed by atoms with Gasteiger partial charge in [-0.2, -0.15) is 0 Å². The minimum atomic E-state index is -0.0693. The molecule has 4 rings (SSSR count). The van der Waals surface area contributed by atoms with Crippen molar-refractivity contribution in [3.05, 3.63) is 60.3 Å². The van der Waals surface area contributed by atoms with Gasteiger partial charge in [-0.25, -0.2) is 4.68 Å². The lowest BCUT2D eigenvalue weighted by molar-refractivity contribution is 0.486. The number of nitrogens with zero attached hydrogens (tertiary/aromatic N) is 6. The number of rotatable bonds is 5. The highest BCUT2D eigenvalue weighted by Gasteiger charge is 2.17. The molecule has 132 valence electrons. The normalized spacial score (nSPS) is 12.4. The van der Waals surface area contributed by atoms with Crippen LogP contribution >= 0.6 is 11.8 Å². The van der Waals surface area contributed by atoms with Gasteiger partial charge >= 0.3 is 0 Å². The maximum atomic E-state index is 5.93. The molecule has 7 nitrogen and oxygen atoms in total. The van der Waals surface area contributed by atoms with Gasteiger partial charge in [0.1, 0.15) is 18.1 Å².